The first-order valence-electron chi connectivity index (χ1n) is 7.73. The van der Waals surface area contributed by atoms with Gasteiger partial charge in [0.05, 0.1) is 24.0 Å². The number of rotatable bonds is 5. The molecule has 0 unspecified atom stereocenters. The fraction of sp³-hybridized carbons (Fsp3) is 0.0526. The Morgan fingerprint density at radius 3 is 2.38 bits per heavy atom. The van der Waals surface area contributed by atoms with E-state index in [0.717, 1.165) is 17.7 Å². The van der Waals surface area contributed by atoms with E-state index in [0.29, 0.717) is 5.69 Å². The fourth-order valence-electron chi connectivity index (χ4n) is 2.29. The molecule has 132 valence electrons. The SMILES string of the molecule is O=C(Cc1ccccc1)Nc1ccc(Nc2ccc(F)c(F)c2F)nc1. The minimum Gasteiger partial charge on any atom is -0.338 e. The molecule has 0 bridgehead atoms. The van der Waals surface area contributed by atoms with Crippen LogP contribution in [0.5, 0.6) is 0 Å². The van der Waals surface area contributed by atoms with Crippen molar-refractivity contribution in [2.24, 2.45) is 0 Å². The molecule has 26 heavy (non-hydrogen) atoms. The van der Waals surface area contributed by atoms with Crippen LogP contribution >= 0.6 is 0 Å². The Bertz CT molecular complexity index is 915. The van der Waals surface area contributed by atoms with Gasteiger partial charge in [0, 0.05) is 0 Å². The summed E-state index contributed by atoms with van der Waals surface area (Å²) < 4.78 is 39.8. The summed E-state index contributed by atoms with van der Waals surface area (Å²) in [5.74, 6) is -4.13. The molecule has 7 heteroatoms. The fourth-order valence-corrected chi connectivity index (χ4v) is 2.29. The number of carbonyl (C=O) groups is 1. The molecular weight excluding hydrogens is 343 g/mol. The van der Waals surface area contributed by atoms with Crippen LogP contribution in [-0.2, 0) is 11.2 Å². The van der Waals surface area contributed by atoms with E-state index in [1.165, 1.54) is 12.3 Å². The van der Waals surface area contributed by atoms with Crippen molar-refractivity contribution in [3.8, 4) is 0 Å². The number of nitrogens with one attached hydrogen (secondary N) is 2. The maximum Gasteiger partial charge on any atom is 0.228 e. The van der Waals surface area contributed by atoms with E-state index in [1.807, 2.05) is 30.3 Å². The van der Waals surface area contributed by atoms with E-state index < -0.39 is 17.5 Å². The number of nitrogens with zero attached hydrogens (tertiary/aromatic N) is 1. The Labute approximate surface area is 147 Å². The number of amides is 1. The van der Waals surface area contributed by atoms with Crippen LogP contribution in [0, 0.1) is 17.5 Å². The molecule has 2 aromatic carbocycles. The normalized spacial score (nSPS) is 10.4. The molecule has 3 rings (SSSR count). The van der Waals surface area contributed by atoms with Crippen LogP contribution in [0.4, 0.5) is 30.4 Å². The van der Waals surface area contributed by atoms with E-state index in [4.69, 9.17) is 0 Å². The van der Waals surface area contributed by atoms with E-state index in [9.17, 15) is 18.0 Å². The van der Waals surface area contributed by atoms with Crippen molar-refractivity contribution >= 4 is 23.1 Å². The Hall–Kier alpha value is -3.35. The van der Waals surface area contributed by atoms with Crippen LogP contribution < -0.4 is 10.6 Å². The van der Waals surface area contributed by atoms with Crippen LogP contribution in [0.3, 0.4) is 0 Å². The van der Waals surface area contributed by atoms with Crippen molar-refractivity contribution in [3.63, 3.8) is 0 Å². The highest BCUT2D eigenvalue weighted by Gasteiger charge is 2.13. The maximum absolute atomic E-state index is 13.6. The van der Waals surface area contributed by atoms with E-state index in [-0.39, 0.29) is 23.8 Å². The van der Waals surface area contributed by atoms with Crippen molar-refractivity contribution in [2.75, 3.05) is 10.6 Å². The van der Waals surface area contributed by atoms with Gasteiger partial charge in [0.15, 0.2) is 17.5 Å². The van der Waals surface area contributed by atoms with Crippen LogP contribution in [0.1, 0.15) is 5.56 Å². The minimum atomic E-state index is -1.56. The third-order valence-corrected chi connectivity index (χ3v) is 3.55. The second-order valence-electron chi connectivity index (χ2n) is 5.49. The lowest BCUT2D eigenvalue weighted by molar-refractivity contribution is -0.115. The van der Waals surface area contributed by atoms with Crippen molar-refractivity contribution < 1.29 is 18.0 Å². The van der Waals surface area contributed by atoms with Crippen molar-refractivity contribution in [1.82, 2.24) is 4.98 Å². The number of hydrogen-bond acceptors (Lipinski definition) is 3. The molecule has 1 heterocycles. The molecule has 0 saturated heterocycles. The van der Waals surface area contributed by atoms with Crippen molar-refractivity contribution in [1.29, 1.82) is 0 Å². The van der Waals surface area contributed by atoms with E-state index in [1.54, 1.807) is 6.07 Å². The van der Waals surface area contributed by atoms with Crippen molar-refractivity contribution in [2.45, 2.75) is 6.42 Å². The summed E-state index contributed by atoms with van der Waals surface area (Å²) in [4.78, 5) is 16.0. The number of pyridine rings is 1. The summed E-state index contributed by atoms with van der Waals surface area (Å²) in [6.07, 6.45) is 1.60. The van der Waals surface area contributed by atoms with Gasteiger partial charge in [0.2, 0.25) is 5.91 Å². The van der Waals surface area contributed by atoms with Gasteiger partial charge in [-0.15, -0.1) is 0 Å². The van der Waals surface area contributed by atoms with Crippen LogP contribution in [0.25, 0.3) is 0 Å². The standard InChI is InChI=1S/C19H14F3N3O/c20-14-7-8-15(19(22)18(14)21)25-16-9-6-13(11-23-16)24-17(26)10-12-4-2-1-3-5-12/h1-9,11H,10H2,(H,23,25)(H,24,26). The number of benzene rings is 2. The van der Waals surface area contributed by atoms with E-state index in [2.05, 4.69) is 15.6 Å². The molecule has 2 N–H and O–H groups in total. The minimum absolute atomic E-state index is 0.203. The monoisotopic (exact) mass is 357 g/mol. The van der Waals surface area contributed by atoms with Gasteiger partial charge < -0.3 is 10.6 Å². The Morgan fingerprint density at radius 1 is 0.923 bits per heavy atom. The van der Waals surface area contributed by atoms with Gasteiger partial charge in [-0.3, -0.25) is 4.79 Å². The lowest BCUT2D eigenvalue weighted by Gasteiger charge is -2.09. The molecule has 3 aromatic rings. The summed E-state index contributed by atoms with van der Waals surface area (Å²) in [6, 6.07) is 14.2. The zero-order chi connectivity index (χ0) is 18.5. The largest absolute Gasteiger partial charge is 0.338 e. The number of hydrogen-bond donors (Lipinski definition) is 2. The summed E-state index contributed by atoms with van der Waals surface area (Å²) >= 11 is 0. The molecule has 0 atom stereocenters. The van der Waals surface area contributed by atoms with Gasteiger partial charge in [-0.05, 0) is 29.8 Å². The third-order valence-electron chi connectivity index (χ3n) is 3.55. The average molecular weight is 357 g/mol. The van der Waals surface area contributed by atoms with Gasteiger partial charge in [-0.1, -0.05) is 30.3 Å². The van der Waals surface area contributed by atoms with Gasteiger partial charge >= 0.3 is 0 Å². The quantitative estimate of drug-likeness (QED) is 0.665. The highest BCUT2D eigenvalue weighted by atomic mass is 19.2. The zero-order valence-corrected chi connectivity index (χ0v) is 13.5. The second-order valence-corrected chi connectivity index (χ2v) is 5.49. The van der Waals surface area contributed by atoms with Crippen LogP contribution in [-0.4, -0.2) is 10.9 Å². The molecule has 0 aliphatic rings. The Balaban J connectivity index is 1.63. The van der Waals surface area contributed by atoms with Crippen LogP contribution in [0.15, 0.2) is 60.8 Å². The highest BCUT2D eigenvalue weighted by molar-refractivity contribution is 5.92. The summed E-state index contributed by atoms with van der Waals surface area (Å²) in [5, 5.41) is 5.25. The number of carbonyl (C=O) groups excluding carboxylic acids is 1. The summed E-state index contributed by atoms with van der Waals surface area (Å²) in [7, 11) is 0. The van der Waals surface area contributed by atoms with Gasteiger partial charge in [0.1, 0.15) is 5.82 Å². The Kier molecular flexibility index (Phi) is 5.17. The molecular formula is C19H14F3N3O. The third kappa shape index (κ3) is 4.18. The first kappa shape index (κ1) is 17.5. The molecule has 0 saturated carbocycles. The topological polar surface area (TPSA) is 54.0 Å². The van der Waals surface area contributed by atoms with Gasteiger partial charge in [-0.25, -0.2) is 18.2 Å². The lowest BCUT2D eigenvalue weighted by atomic mass is 10.1. The molecule has 0 aliphatic carbocycles. The summed E-state index contributed by atoms with van der Waals surface area (Å²) in [5.41, 5.74) is 1.10. The summed E-state index contributed by atoms with van der Waals surface area (Å²) in [6.45, 7) is 0. The molecule has 0 fully saturated rings. The first-order chi connectivity index (χ1) is 12.5. The maximum atomic E-state index is 13.6. The zero-order valence-electron chi connectivity index (χ0n) is 13.5. The molecule has 0 aliphatic heterocycles. The number of anilines is 3. The number of halogens is 3. The van der Waals surface area contributed by atoms with Crippen LogP contribution in [0.2, 0.25) is 0 Å². The average Bonchev–Trinajstić information content (AvgIpc) is 2.64. The van der Waals surface area contributed by atoms with E-state index >= 15 is 0 Å². The molecule has 0 radical (unpaired) electrons. The molecule has 1 aromatic heterocycles. The first-order valence-corrected chi connectivity index (χ1v) is 7.73. The lowest BCUT2D eigenvalue weighted by Crippen LogP contribution is -2.14. The van der Waals surface area contributed by atoms with Gasteiger partial charge in [0.25, 0.3) is 0 Å². The molecule has 1 amide bonds. The molecule has 0 spiro atoms. The predicted octanol–water partition coefficient (Wildman–Crippen LogP) is 4.42. The Morgan fingerprint density at radius 2 is 1.69 bits per heavy atom. The predicted molar refractivity (Wildman–Crippen MR) is 92.6 cm³/mol. The smallest absolute Gasteiger partial charge is 0.228 e. The molecule has 4 nitrogen and oxygen atoms in total. The van der Waals surface area contributed by atoms with Gasteiger partial charge in [-0.2, -0.15) is 0 Å². The highest BCUT2D eigenvalue weighted by Crippen LogP contribution is 2.23. The second kappa shape index (κ2) is 7.69. The van der Waals surface area contributed by atoms with Crippen molar-refractivity contribution in [3.05, 3.63) is 83.8 Å². The number of aromatic nitrogens is 1.